The van der Waals surface area contributed by atoms with E-state index in [0.717, 1.165) is 5.56 Å². The highest BCUT2D eigenvalue weighted by Crippen LogP contribution is 2.35. The molecular formula is C23H24N2O4S. The third-order valence-corrected chi connectivity index (χ3v) is 5.41. The highest BCUT2D eigenvalue weighted by Gasteiger charge is 2.21. The number of benzene rings is 2. The lowest BCUT2D eigenvalue weighted by atomic mass is 10.0. The van der Waals surface area contributed by atoms with E-state index in [1.165, 1.54) is 23.2 Å². The van der Waals surface area contributed by atoms with E-state index in [0.29, 0.717) is 33.7 Å². The first kappa shape index (κ1) is 21.5. The summed E-state index contributed by atoms with van der Waals surface area (Å²) in [4.78, 5) is 30.6. The first-order valence-corrected chi connectivity index (χ1v) is 10.4. The van der Waals surface area contributed by atoms with Gasteiger partial charge in [0.15, 0.2) is 5.13 Å². The minimum absolute atomic E-state index is 0.0267. The van der Waals surface area contributed by atoms with Crippen molar-refractivity contribution in [2.45, 2.75) is 33.3 Å². The molecule has 7 heteroatoms. The van der Waals surface area contributed by atoms with Crippen molar-refractivity contribution in [3.05, 3.63) is 70.7 Å². The van der Waals surface area contributed by atoms with Gasteiger partial charge in [-0.2, -0.15) is 0 Å². The Balaban J connectivity index is 1.72. The zero-order valence-corrected chi connectivity index (χ0v) is 18.2. The van der Waals surface area contributed by atoms with Gasteiger partial charge in [-0.1, -0.05) is 38.1 Å². The van der Waals surface area contributed by atoms with Gasteiger partial charge in [0.25, 0.3) is 0 Å². The Morgan fingerprint density at radius 2 is 1.80 bits per heavy atom. The Bertz CT molecular complexity index is 1030. The van der Waals surface area contributed by atoms with Crippen LogP contribution in [0.1, 0.15) is 48.3 Å². The van der Waals surface area contributed by atoms with Crippen molar-refractivity contribution in [1.82, 2.24) is 4.98 Å². The Kier molecular flexibility index (Phi) is 6.84. The number of esters is 1. The van der Waals surface area contributed by atoms with Crippen LogP contribution in [-0.4, -0.2) is 24.0 Å². The van der Waals surface area contributed by atoms with E-state index >= 15 is 0 Å². The molecule has 3 aromatic rings. The van der Waals surface area contributed by atoms with Gasteiger partial charge in [0.1, 0.15) is 12.4 Å². The van der Waals surface area contributed by atoms with Gasteiger partial charge in [-0.05, 0) is 35.7 Å². The first-order chi connectivity index (χ1) is 14.4. The summed E-state index contributed by atoms with van der Waals surface area (Å²) in [6, 6.07) is 14.6. The molecule has 156 valence electrons. The molecule has 0 atom stereocenters. The molecule has 6 nitrogen and oxygen atoms in total. The second-order valence-electron chi connectivity index (χ2n) is 7.00. The fraction of sp³-hybridized carbons (Fsp3) is 0.261. The minimum atomic E-state index is -0.409. The molecule has 0 unspecified atom stereocenters. The molecule has 0 bridgehead atoms. The fourth-order valence-electron chi connectivity index (χ4n) is 2.91. The Morgan fingerprint density at radius 3 is 2.43 bits per heavy atom. The average molecular weight is 425 g/mol. The van der Waals surface area contributed by atoms with E-state index in [-0.39, 0.29) is 12.5 Å². The summed E-state index contributed by atoms with van der Waals surface area (Å²) in [6.45, 7) is 5.69. The van der Waals surface area contributed by atoms with Gasteiger partial charge < -0.3 is 9.47 Å². The maximum Gasteiger partial charge on any atom is 0.338 e. The lowest BCUT2D eigenvalue weighted by Gasteiger charge is -2.20. The smallest absolute Gasteiger partial charge is 0.338 e. The van der Waals surface area contributed by atoms with Crippen LogP contribution in [0.15, 0.2) is 53.9 Å². The van der Waals surface area contributed by atoms with Crippen molar-refractivity contribution >= 4 is 34.0 Å². The van der Waals surface area contributed by atoms with Gasteiger partial charge in [-0.25, -0.2) is 9.78 Å². The number of rotatable bonds is 7. The van der Waals surface area contributed by atoms with Crippen molar-refractivity contribution in [2.75, 3.05) is 12.0 Å². The third-order valence-electron chi connectivity index (χ3n) is 4.54. The summed E-state index contributed by atoms with van der Waals surface area (Å²) in [7, 11) is 1.55. The molecule has 2 aromatic carbocycles. The average Bonchev–Trinajstić information content (AvgIpc) is 3.20. The molecule has 0 fully saturated rings. The van der Waals surface area contributed by atoms with Gasteiger partial charge in [0.2, 0.25) is 5.91 Å². The quantitative estimate of drug-likeness (QED) is 0.480. The summed E-state index contributed by atoms with van der Waals surface area (Å²) in [5.74, 6) is 0.368. The summed E-state index contributed by atoms with van der Waals surface area (Å²) in [5.41, 5.74) is 2.84. The van der Waals surface area contributed by atoms with Gasteiger partial charge in [-0.15, -0.1) is 11.3 Å². The summed E-state index contributed by atoms with van der Waals surface area (Å²) in [5, 5.41) is 2.26. The molecule has 0 aliphatic carbocycles. The molecular weight excluding hydrogens is 400 g/mol. The highest BCUT2D eigenvalue weighted by atomic mass is 32.1. The Labute approximate surface area is 180 Å². The maximum atomic E-state index is 12.3. The normalized spacial score (nSPS) is 10.7. The topological polar surface area (TPSA) is 68.7 Å². The van der Waals surface area contributed by atoms with Crippen molar-refractivity contribution in [1.29, 1.82) is 0 Å². The van der Waals surface area contributed by atoms with Crippen LogP contribution < -0.4 is 9.64 Å². The predicted octanol–water partition coefficient (Wildman–Crippen LogP) is 5.32. The van der Waals surface area contributed by atoms with Crippen LogP contribution in [0.3, 0.4) is 0 Å². The second-order valence-corrected chi connectivity index (χ2v) is 7.84. The van der Waals surface area contributed by atoms with Crippen LogP contribution in [0.4, 0.5) is 10.8 Å². The molecule has 0 saturated heterocycles. The number of aromatic nitrogens is 1. The minimum Gasteiger partial charge on any atom is -0.495 e. The van der Waals surface area contributed by atoms with Crippen molar-refractivity contribution < 1.29 is 19.1 Å². The van der Waals surface area contributed by atoms with E-state index in [9.17, 15) is 9.59 Å². The Morgan fingerprint density at radius 1 is 1.10 bits per heavy atom. The van der Waals surface area contributed by atoms with Crippen molar-refractivity contribution in [3.8, 4) is 5.75 Å². The van der Waals surface area contributed by atoms with E-state index < -0.39 is 5.97 Å². The lowest BCUT2D eigenvalue weighted by molar-refractivity contribution is -0.115. The van der Waals surface area contributed by atoms with E-state index in [4.69, 9.17) is 9.47 Å². The zero-order chi connectivity index (χ0) is 21.7. The van der Waals surface area contributed by atoms with Crippen LogP contribution in [0.5, 0.6) is 5.75 Å². The van der Waals surface area contributed by atoms with Gasteiger partial charge in [0, 0.05) is 12.3 Å². The highest BCUT2D eigenvalue weighted by molar-refractivity contribution is 7.14. The number of carbonyl (C=O) groups is 2. The van der Waals surface area contributed by atoms with Crippen LogP contribution >= 0.6 is 11.3 Å². The standard InChI is InChI=1S/C23H24N2O4S/c1-15(2)17-9-11-18(12-10-17)22(27)29-13-19-14-30-23(24-19)25(16(3)26)20-7-5-6-8-21(20)28-4/h5-12,14-15H,13H2,1-4H3. The number of nitrogens with zero attached hydrogens (tertiary/aromatic N) is 2. The molecule has 0 aliphatic rings. The summed E-state index contributed by atoms with van der Waals surface area (Å²) in [6.07, 6.45) is 0. The Hall–Kier alpha value is -3.19. The number of amides is 1. The van der Waals surface area contributed by atoms with E-state index in [1.807, 2.05) is 24.3 Å². The molecule has 1 amide bonds. The molecule has 0 saturated carbocycles. The van der Waals surface area contributed by atoms with Gasteiger partial charge >= 0.3 is 5.97 Å². The van der Waals surface area contributed by atoms with E-state index in [1.54, 1.807) is 36.8 Å². The maximum absolute atomic E-state index is 12.3. The second kappa shape index (κ2) is 9.54. The molecule has 0 radical (unpaired) electrons. The number of para-hydroxylation sites is 2. The van der Waals surface area contributed by atoms with Crippen LogP contribution in [0.25, 0.3) is 0 Å². The predicted molar refractivity (Wildman–Crippen MR) is 118 cm³/mol. The summed E-state index contributed by atoms with van der Waals surface area (Å²) < 4.78 is 10.8. The fourth-order valence-corrected chi connectivity index (χ4v) is 3.78. The zero-order valence-electron chi connectivity index (χ0n) is 17.4. The molecule has 0 N–H and O–H groups in total. The molecule has 1 aromatic heterocycles. The number of ether oxygens (including phenoxy) is 2. The number of thiazole rings is 1. The van der Waals surface area contributed by atoms with Gasteiger partial charge in [0.05, 0.1) is 24.1 Å². The molecule has 1 heterocycles. The molecule has 0 spiro atoms. The van der Waals surface area contributed by atoms with E-state index in [2.05, 4.69) is 18.8 Å². The SMILES string of the molecule is COc1ccccc1N(C(C)=O)c1nc(COC(=O)c2ccc(C(C)C)cc2)cs1. The molecule has 3 rings (SSSR count). The number of hydrogen-bond donors (Lipinski definition) is 0. The monoisotopic (exact) mass is 424 g/mol. The third kappa shape index (κ3) is 4.86. The van der Waals surface area contributed by atoms with Crippen LogP contribution in [0, 0.1) is 0 Å². The number of carbonyl (C=O) groups excluding carboxylic acids is 2. The van der Waals surface area contributed by atoms with Gasteiger partial charge in [-0.3, -0.25) is 9.69 Å². The largest absolute Gasteiger partial charge is 0.495 e. The van der Waals surface area contributed by atoms with Crippen molar-refractivity contribution in [3.63, 3.8) is 0 Å². The summed E-state index contributed by atoms with van der Waals surface area (Å²) >= 11 is 1.30. The van der Waals surface area contributed by atoms with Crippen molar-refractivity contribution in [2.24, 2.45) is 0 Å². The molecule has 30 heavy (non-hydrogen) atoms. The number of hydrogen-bond acceptors (Lipinski definition) is 6. The van der Waals surface area contributed by atoms with Crippen LogP contribution in [-0.2, 0) is 16.1 Å². The first-order valence-electron chi connectivity index (χ1n) is 9.56. The lowest BCUT2D eigenvalue weighted by Crippen LogP contribution is -2.23. The number of anilines is 2. The number of methoxy groups -OCH3 is 1. The molecule has 0 aliphatic heterocycles. The van der Waals surface area contributed by atoms with Crippen LogP contribution in [0.2, 0.25) is 0 Å².